The van der Waals surface area contributed by atoms with Gasteiger partial charge in [0.25, 0.3) is 10.1 Å². The molecule has 0 aliphatic carbocycles. The second-order valence-corrected chi connectivity index (χ2v) is 5.15. The molecule has 0 fully saturated rings. The van der Waals surface area contributed by atoms with E-state index in [-0.39, 0.29) is 62.1 Å². The number of aryl methyl sites for hydroxylation is 1. The molecule has 0 atom stereocenters. The van der Waals surface area contributed by atoms with E-state index in [9.17, 15) is 18.0 Å². The third kappa shape index (κ3) is 7.70. The molecular weight excluding hydrogens is 305 g/mol. The number of hydrogen-bond donors (Lipinski definition) is 2. The van der Waals surface area contributed by atoms with Crippen LogP contribution in [-0.4, -0.2) is 31.4 Å². The summed E-state index contributed by atoms with van der Waals surface area (Å²) in [6.45, 7) is 1.22. The quantitative estimate of drug-likeness (QED) is 0.325. The largest absolute Gasteiger partial charge is 1.00 e. The molecule has 1 amide bonds. The molecule has 2 N–H and O–H groups in total. The Balaban J connectivity index is 0. The maximum atomic E-state index is 11.2. The molecule has 1 heterocycles. The monoisotopic (exact) mass is 319 g/mol. The summed E-state index contributed by atoms with van der Waals surface area (Å²) in [5, 5.41) is 2.26. The number of ether oxygens (including phenoxy) is 1. The van der Waals surface area contributed by atoms with E-state index in [1.807, 2.05) is 0 Å². The van der Waals surface area contributed by atoms with Crippen molar-refractivity contribution in [3.8, 4) is 0 Å². The van der Waals surface area contributed by atoms with Crippen LogP contribution in [-0.2, 0) is 21.5 Å². The van der Waals surface area contributed by atoms with Crippen LogP contribution < -0.4 is 40.7 Å². The van der Waals surface area contributed by atoms with Crippen LogP contribution in [0.15, 0.2) is 13.6 Å². The van der Waals surface area contributed by atoms with Crippen LogP contribution in [0.1, 0.15) is 19.4 Å². The van der Waals surface area contributed by atoms with Gasteiger partial charge in [-0.05, 0) is 13.3 Å². The minimum atomic E-state index is -4.03. The Hall–Kier alpha value is -0.810. The fraction of sp³-hybridized carbons (Fsp3) is 0.556. The molecule has 0 unspecified atom stereocenters. The molecule has 110 valence electrons. The van der Waals surface area contributed by atoms with E-state index >= 15 is 0 Å². The predicted octanol–water partition coefficient (Wildman–Crippen LogP) is -2.84. The normalized spacial score (nSPS) is 10.7. The first-order valence-corrected chi connectivity index (χ1v) is 6.84. The van der Waals surface area contributed by atoms with Crippen LogP contribution in [0.2, 0.25) is 0 Å². The van der Waals surface area contributed by atoms with Crippen molar-refractivity contribution in [1.29, 1.82) is 0 Å². The molecule has 0 saturated carbocycles. The van der Waals surface area contributed by atoms with E-state index < -0.39 is 27.8 Å². The molecule has 0 aliphatic heterocycles. The summed E-state index contributed by atoms with van der Waals surface area (Å²) in [6, 6.07) is 0. The minimum Gasteiger partial charge on any atom is -1.00 e. The number of alkyl carbamates (subject to hydrolysis) is 1. The number of amides is 1. The molecule has 0 spiro atoms. The van der Waals surface area contributed by atoms with Crippen LogP contribution in [0, 0.1) is 6.92 Å². The van der Waals surface area contributed by atoms with E-state index in [0.717, 1.165) is 0 Å². The van der Waals surface area contributed by atoms with Crippen LogP contribution >= 0.6 is 0 Å². The van der Waals surface area contributed by atoms with Gasteiger partial charge in [-0.2, -0.15) is 8.42 Å². The molecule has 0 aliphatic rings. The van der Waals surface area contributed by atoms with Gasteiger partial charge in [0.1, 0.15) is 0 Å². The molecule has 0 bridgehead atoms. The van der Waals surface area contributed by atoms with E-state index in [4.69, 9.17) is 9.29 Å². The van der Waals surface area contributed by atoms with Crippen molar-refractivity contribution in [2.24, 2.45) is 0 Å². The van der Waals surface area contributed by atoms with Gasteiger partial charge in [0.05, 0.1) is 5.75 Å². The van der Waals surface area contributed by atoms with Gasteiger partial charge < -0.3 is 20.3 Å². The molecule has 20 heavy (non-hydrogen) atoms. The van der Waals surface area contributed by atoms with E-state index in [0.29, 0.717) is 0 Å². The van der Waals surface area contributed by atoms with Gasteiger partial charge in [0.2, 0.25) is 0 Å². The zero-order valence-corrected chi connectivity index (χ0v) is 13.9. The van der Waals surface area contributed by atoms with Crippen LogP contribution in [0.3, 0.4) is 0 Å². The topological polar surface area (TPSA) is 136 Å². The fourth-order valence-electron chi connectivity index (χ4n) is 1.13. The summed E-state index contributed by atoms with van der Waals surface area (Å²) in [5.74, 6) is -1.03. The average Bonchev–Trinajstić information content (AvgIpc) is 2.59. The Morgan fingerprint density at radius 3 is 2.60 bits per heavy atom. The third-order valence-electron chi connectivity index (χ3n) is 2.02. The van der Waals surface area contributed by atoms with Gasteiger partial charge in [0, 0.05) is 6.54 Å². The average molecular weight is 319 g/mol. The van der Waals surface area contributed by atoms with Crippen molar-refractivity contribution >= 4 is 16.2 Å². The third-order valence-corrected chi connectivity index (χ3v) is 2.82. The van der Waals surface area contributed by atoms with E-state index in [1.54, 1.807) is 0 Å². The first kappa shape index (κ1) is 19.2. The van der Waals surface area contributed by atoms with Gasteiger partial charge >= 0.3 is 41.5 Å². The Bertz CT molecular complexity index is 595. The van der Waals surface area contributed by atoms with Gasteiger partial charge in [-0.25, -0.2) is 9.59 Å². The number of nitrogens with one attached hydrogen (secondary N) is 1. The maximum absolute atomic E-state index is 11.2. The summed E-state index contributed by atoms with van der Waals surface area (Å²) in [5.41, 5.74) is 0. The molecule has 1 aromatic rings. The maximum Gasteiger partial charge on any atom is 1.00 e. The summed E-state index contributed by atoms with van der Waals surface area (Å²) in [6.07, 6.45) is -0.758. The molecule has 1 rings (SSSR count). The molecule has 1 aromatic heterocycles. The first-order valence-electron chi connectivity index (χ1n) is 5.23. The SMILES string of the molecule is Cc1oc(=O)oc1COC(=O)NCCCS(=O)(=O)O.[H-].[Na+]. The second-order valence-electron chi connectivity index (χ2n) is 3.58. The Morgan fingerprint density at radius 1 is 1.45 bits per heavy atom. The van der Waals surface area contributed by atoms with Crippen molar-refractivity contribution < 1.29 is 62.3 Å². The van der Waals surface area contributed by atoms with Gasteiger partial charge in [0.15, 0.2) is 18.1 Å². The summed E-state index contributed by atoms with van der Waals surface area (Å²) < 4.78 is 43.1. The minimum absolute atomic E-state index is 0. The molecule has 0 radical (unpaired) electrons. The summed E-state index contributed by atoms with van der Waals surface area (Å²) in [4.78, 5) is 21.9. The van der Waals surface area contributed by atoms with Crippen molar-refractivity contribution in [2.45, 2.75) is 20.0 Å². The predicted molar refractivity (Wildman–Crippen MR) is 62.3 cm³/mol. The molecule has 0 aromatic carbocycles. The number of rotatable bonds is 6. The Kier molecular flexibility index (Phi) is 8.13. The smallest absolute Gasteiger partial charge is 1.00 e. The molecule has 9 nitrogen and oxygen atoms in total. The van der Waals surface area contributed by atoms with Crippen molar-refractivity contribution in [2.75, 3.05) is 12.3 Å². The first-order chi connectivity index (χ1) is 8.78. The van der Waals surface area contributed by atoms with Crippen LogP contribution in [0.5, 0.6) is 0 Å². The number of carbonyl (C=O) groups excluding carboxylic acids is 1. The second kappa shape index (κ2) is 8.47. The van der Waals surface area contributed by atoms with E-state index in [1.165, 1.54) is 6.92 Å². The Morgan fingerprint density at radius 2 is 2.10 bits per heavy atom. The van der Waals surface area contributed by atoms with Crippen molar-refractivity contribution in [3.05, 3.63) is 22.1 Å². The summed E-state index contributed by atoms with van der Waals surface area (Å²) >= 11 is 0. The Labute approximate surface area is 138 Å². The van der Waals surface area contributed by atoms with Gasteiger partial charge in [-0.15, -0.1) is 0 Å². The molecular formula is C9H14NNaO8S. The van der Waals surface area contributed by atoms with Crippen molar-refractivity contribution in [1.82, 2.24) is 5.32 Å². The van der Waals surface area contributed by atoms with Crippen LogP contribution in [0.4, 0.5) is 4.79 Å². The van der Waals surface area contributed by atoms with Gasteiger partial charge in [-0.1, -0.05) is 0 Å². The fourth-order valence-corrected chi connectivity index (χ4v) is 1.64. The number of carbonyl (C=O) groups is 1. The summed E-state index contributed by atoms with van der Waals surface area (Å²) in [7, 11) is -4.03. The van der Waals surface area contributed by atoms with Crippen LogP contribution in [0.25, 0.3) is 0 Å². The van der Waals surface area contributed by atoms with E-state index in [2.05, 4.69) is 14.2 Å². The zero-order valence-electron chi connectivity index (χ0n) is 12.0. The standard InChI is InChI=1S/C9H13NO8S.Na.H/c1-6-7(18-9(12)17-6)5-16-8(11)10-3-2-4-19(13,14)15;;/h2-5H2,1H3,(H,10,11)(H,13,14,15);;/q;+1;-1. The molecule has 0 saturated heterocycles. The zero-order chi connectivity index (χ0) is 14.5. The molecule has 11 heteroatoms. The van der Waals surface area contributed by atoms with Gasteiger partial charge in [-0.3, -0.25) is 4.55 Å². The number of hydrogen-bond acceptors (Lipinski definition) is 7. The van der Waals surface area contributed by atoms with Crippen molar-refractivity contribution in [3.63, 3.8) is 0 Å².